The molecule has 2 aliphatic heterocycles. The first-order valence-electron chi connectivity index (χ1n) is 9.83. The number of likely N-dealkylation sites (tertiary alicyclic amines) is 1. The predicted octanol–water partition coefficient (Wildman–Crippen LogP) is 2.57. The summed E-state index contributed by atoms with van der Waals surface area (Å²) in [6.45, 7) is 3.07. The van der Waals surface area contributed by atoms with Crippen LogP contribution in [0.25, 0.3) is 0 Å². The van der Waals surface area contributed by atoms with Gasteiger partial charge in [0.25, 0.3) is 5.91 Å². The number of anilines is 1. The zero-order valence-electron chi connectivity index (χ0n) is 16.1. The Kier molecular flexibility index (Phi) is 5.84. The van der Waals surface area contributed by atoms with Gasteiger partial charge in [-0.3, -0.25) is 14.9 Å². The normalized spacial score (nSPS) is 19.9. The summed E-state index contributed by atoms with van der Waals surface area (Å²) in [5.41, 5.74) is 0. The number of carbonyl (C=O) groups is 3. The van der Waals surface area contributed by atoms with Crippen molar-refractivity contribution in [2.45, 2.75) is 12.8 Å². The van der Waals surface area contributed by atoms with E-state index in [-0.39, 0.29) is 23.8 Å². The van der Waals surface area contributed by atoms with Gasteiger partial charge in [0.1, 0.15) is 0 Å². The summed E-state index contributed by atoms with van der Waals surface area (Å²) in [5.74, 6) is 0.0644. The molecule has 2 aromatic heterocycles. The van der Waals surface area contributed by atoms with E-state index in [9.17, 15) is 14.4 Å². The molecule has 1 unspecified atom stereocenters. The maximum Gasteiger partial charge on any atom is 0.322 e. The van der Waals surface area contributed by atoms with Crippen LogP contribution in [0.5, 0.6) is 0 Å². The summed E-state index contributed by atoms with van der Waals surface area (Å²) in [4.78, 5) is 43.1. The van der Waals surface area contributed by atoms with Crippen LogP contribution in [0.3, 0.4) is 0 Å². The molecule has 2 fully saturated rings. The summed E-state index contributed by atoms with van der Waals surface area (Å²) < 4.78 is 5.18. The van der Waals surface area contributed by atoms with Gasteiger partial charge in [0.15, 0.2) is 5.76 Å². The molecule has 0 aliphatic carbocycles. The van der Waals surface area contributed by atoms with Crippen LogP contribution >= 0.6 is 11.3 Å². The average Bonchev–Trinajstić information content (AvgIpc) is 3.47. The first-order valence-corrected chi connectivity index (χ1v) is 10.7. The molecule has 8 nitrogen and oxygen atoms in total. The number of piperazine rings is 1. The first kappa shape index (κ1) is 19.5. The molecule has 2 aromatic rings. The molecule has 1 atom stereocenters. The molecular formula is C20H24N4O4S. The number of furan rings is 1. The number of amides is 4. The second kappa shape index (κ2) is 8.69. The van der Waals surface area contributed by atoms with Crippen molar-refractivity contribution in [2.75, 3.05) is 44.6 Å². The van der Waals surface area contributed by atoms with Crippen LogP contribution in [0.2, 0.25) is 0 Å². The Morgan fingerprint density at radius 2 is 1.79 bits per heavy atom. The van der Waals surface area contributed by atoms with Gasteiger partial charge in [0, 0.05) is 39.3 Å². The van der Waals surface area contributed by atoms with Crippen molar-refractivity contribution in [1.29, 1.82) is 0 Å². The van der Waals surface area contributed by atoms with Crippen molar-refractivity contribution < 1.29 is 18.8 Å². The highest BCUT2D eigenvalue weighted by Gasteiger charge is 2.33. The van der Waals surface area contributed by atoms with E-state index in [1.807, 2.05) is 22.4 Å². The van der Waals surface area contributed by atoms with E-state index < -0.39 is 0 Å². The Bertz CT molecular complexity index is 844. The van der Waals surface area contributed by atoms with Crippen molar-refractivity contribution in [3.8, 4) is 0 Å². The Morgan fingerprint density at radius 3 is 2.48 bits per heavy atom. The number of hydrogen-bond donors (Lipinski definition) is 1. The van der Waals surface area contributed by atoms with E-state index in [1.54, 1.807) is 21.9 Å². The second-order valence-electron chi connectivity index (χ2n) is 7.29. The molecule has 0 aromatic carbocycles. The highest BCUT2D eigenvalue weighted by molar-refractivity contribution is 7.14. The Balaban J connectivity index is 1.29. The Morgan fingerprint density at radius 1 is 1.00 bits per heavy atom. The fraction of sp³-hybridized carbons (Fsp3) is 0.450. The molecule has 0 bridgehead atoms. The van der Waals surface area contributed by atoms with Gasteiger partial charge in [0.2, 0.25) is 5.91 Å². The summed E-state index contributed by atoms with van der Waals surface area (Å²) in [5, 5.41) is 5.61. The minimum atomic E-state index is -0.190. The highest BCUT2D eigenvalue weighted by atomic mass is 32.1. The lowest BCUT2D eigenvalue weighted by molar-refractivity contribution is -0.138. The fourth-order valence-electron chi connectivity index (χ4n) is 3.84. The molecule has 29 heavy (non-hydrogen) atoms. The molecule has 1 N–H and O–H groups in total. The van der Waals surface area contributed by atoms with Crippen LogP contribution in [0.1, 0.15) is 23.4 Å². The standard InChI is InChI=1S/C20H24N4O4S/c25-18(22-8-10-23(11-9-22)19(26)16-5-2-12-28-16)15-4-1-7-24(14-15)20(27)21-17-6-3-13-29-17/h2-3,5-6,12-13,15H,1,4,7-11,14H2,(H,21,27). The highest BCUT2D eigenvalue weighted by Crippen LogP contribution is 2.22. The second-order valence-corrected chi connectivity index (χ2v) is 8.24. The number of piperidine rings is 1. The third-order valence-electron chi connectivity index (χ3n) is 5.42. The van der Waals surface area contributed by atoms with E-state index >= 15 is 0 Å². The van der Waals surface area contributed by atoms with Crippen LogP contribution in [0.15, 0.2) is 40.3 Å². The molecule has 0 radical (unpaired) electrons. The third-order valence-corrected chi connectivity index (χ3v) is 6.20. The van der Waals surface area contributed by atoms with E-state index in [4.69, 9.17) is 4.42 Å². The van der Waals surface area contributed by atoms with E-state index in [2.05, 4.69) is 5.32 Å². The van der Waals surface area contributed by atoms with Gasteiger partial charge < -0.3 is 19.1 Å². The lowest BCUT2D eigenvalue weighted by Crippen LogP contribution is -2.54. The van der Waals surface area contributed by atoms with Crippen LogP contribution < -0.4 is 5.32 Å². The van der Waals surface area contributed by atoms with Crippen LogP contribution in [-0.2, 0) is 4.79 Å². The topological polar surface area (TPSA) is 86.1 Å². The van der Waals surface area contributed by atoms with Gasteiger partial charge in [-0.1, -0.05) is 0 Å². The predicted molar refractivity (Wildman–Crippen MR) is 109 cm³/mol. The Hall–Kier alpha value is -2.81. The molecular weight excluding hydrogens is 392 g/mol. The molecule has 4 rings (SSSR count). The number of rotatable bonds is 3. The summed E-state index contributed by atoms with van der Waals surface area (Å²) in [6, 6.07) is 6.94. The number of nitrogens with one attached hydrogen (secondary N) is 1. The van der Waals surface area contributed by atoms with Gasteiger partial charge in [0.05, 0.1) is 17.2 Å². The van der Waals surface area contributed by atoms with E-state index in [0.717, 1.165) is 17.8 Å². The van der Waals surface area contributed by atoms with Crippen molar-refractivity contribution in [1.82, 2.24) is 14.7 Å². The Labute approximate surface area is 173 Å². The zero-order chi connectivity index (χ0) is 20.2. The third kappa shape index (κ3) is 4.45. The number of thiophene rings is 1. The molecule has 2 aliphatic rings. The molecule has 4 amide bonds. The quantitative estimate of drug-likeness (QED) is 0.833. The van der Waals surface area contributed by atoms with Crippen LogP contribution in [0.4, 0.5) is 9.80 Å². The average molecular weight is 417 g/mol. The number of carbonyl (C=O) groups excluding carboxylic acids is 3. The monoisotopic (exact) mass is 416 g/mol. The smallest absolute Gasteiger partial charge is 0.322 e. The van der Waals surface area contributed by atoms with Crippen molar-refractivity contribution in [2.24, 2.45) is 5.92 Å². The minimum Gasteiger partial charge on any atom is -0.459 e. The fourth-order valence-corrected chi connectivity index (χ4v) is 4.45. The van der Waals surface area contributed by atoms with Gasteiger partial charge in [-0.2, -0.15) is 0 Å². The maximum atomic E-state index is 13.0. The number of nitrogens with zero attached hydrogens (tertiary/aromatic N) is 3. The van der Waals surface area contributed by atoms with Crippen molar-refractivity contribution in [3.05, 3.63) is 41.7 Å². The number of hydrogen-bond acceptors (Lipinski definition) is 5. The van der Waals surface area contributed by atoms with Crippen molar-refractivity contribution >= 4 is 34.2 Å². The molecule has 4 heterocycles. The molecule has 0 spiro atoms. The van der Waals surface area contributed by atoms with Crippen molar-refractivity contribution in [3.63, 3.8) is 0 Å². The first-order chi connectivity index (χ1) is 14.1. The SMILES string of the molecule is O=C(Nc1cccs1)N1CCCC(C(=O)N2CCN(C(=O)c3ccco3)CC2)C1. The van der Waals surface area contributed by atoms with E-state index in [1.165, 1.54) is 17.6 Å². The van der Waals surface area contributed by atoms with Gasteiger partial charge in [-0.15, -0.1) is 11.3 Å². The zero-order valence-corrected chi connectivity index (χ0v) is 16.9. The molecule has 9 heteroatoms. The molecule has 2 saturated heterocycles. The lowest BCUT2D eigenvalue weighted by Gasteiger charge is -2.38. The summed E-state index contributed by atoms with van der Waals surface area (Å²) in [7, 11) is 0. The van der Waals surface area contributed by atoms with Crippen LogP contribution in [0, 0.1) is 5.92 Å². The van der Waals surface area contributed by atoms with E-state index in [0.29, 0.717) is 45.0 Å². The van der Waals surface area contributed by atoms with Gasteiger partial charge in [-0.25, -0.2) is 4.79 Å². The molecule has 154 valence electrons. The minimum absolute atomic E-state index is 0.0729. The van der Waals surface area contributed by atoms with Gasteiger partial charge in [-0.05, 0) is 42.5 Å². The van der Waals surface area contributed by atoms with Crippen LogP contribution in [-0.4, -0.2) is 71.8 Å². The largest absolute Gasteiger partial charge is 0.459 e. The lowest BCUT2D eigenvalue weighted by atomic mass is 9.96. The van der Waals surface area contributed by atoms with Gasteiger partial charge >= 0.3 is 6.03 Å². The summed E-state index contributed by atoms with van der Waals surface area (Å²) in [6.07, 6.45) is 3.08. The maximum absolute atomic E-state index is 13.0. The molecule has 0 saturated carbocycles. The summed E-state index contributed by atoms with van der Waals surface area (Å²) >= 11 is 1.47. The number of urea groups is 1.